The second-order valence-corrected chi connectivity index (χ2v) is 9.12. The summed E-state index contributed by atoms with van der Waals surface area (Å²) in [6.07, 6.45) is 11.6. The van der Waals surface area contributed by atoms with E-state index < -0.39 is 6.61 Å². The van der Waals surface area contributed by atoms with Crippen LogP contribution in [0.5, 0.6) is 5.75 Å². The van der Waals surface area contributed by atoms with Crippen LogP contribution >= 0.6 is 0 Å². The van der Waals surface area contributed by atoms with Gasteiger partial charge in [-0.15, -0.1) is 0 Å². The molecule has 0 aromatic heterocycles. The summed E-state index contributed by atoms with van der Waals surface area (Å²) in [5.41, 5.74) is 1.06. The molecule has 2 aliphatic carbocycles. The molecule has 0 heterocycles. The first kappa shape index (κ1) is 20.6. The minimum absolute atomic E-state index is 0.000471. The largest absolute Gasteiger partial charge is 0.435 e. The maximum atomic E-state index is 14.8. The van der Waals surface area contributed by atoms with Crippen molar-refractivity contribution in [3.8, 4) is 5.75 Å². The number of ether oxygens (including phenoxy) is 1. The summed E-state index contributed by atoms with van der Waals surface area (Å²) >= 11 is 0. The van der Waals surface area contributed by atoms with Crippen molar-refractivity contribution < 1.29 is 17.9 Å². The predicted molar refractivity (Wildman–Crippen MR) is 111 cm³/mol. The maximum Gasteiger partial charge on any atom is 0.387 e. The summed E-state index contributed by atoms with van der Waals surface area (Å²) in [4.78, 5) is 0. The van der Waals surface area contributed by atoms with E-state index in [1.54, 1.807) is 12.1 Å². The van der Waals surface area contributed by atoms with Gasteiger partial charge in [0.05, 0.1) is 0 Å². The highest BCUT2D eigenvalue weighted by Crippen LogP contribution is 2.48. The Balaban J connectivity index is 1.47. The summed E-state index contributed by atoms with van der Waals surface area (Å²) in [5.74, 6) is 2.59. The highest BCUT2D eigenvalue weighted by atomic mass is 19.3. The van der Waals surface area contributed by atoms with Crippen molar-refractivity contribution in [2.45, 2.75) is 77.2 Å². The molecular weight excluding hydrogens is 373 g/mol. The SMILES string of the molecule is CCCCC1CCC2CC(c3cc(F)c4cc(OC(F)F)ccc4c3)CCC2C1. The monoisotopic (exact) mass is 404 g/mol. The molecule has 158 valence electrons. The van der Waals surface area contributed by atoms with E-state index in [1.165, 1.54) is 57.1 Å². The fourth-order valence-corrected chi connectivity index (χ4v) is 5.77. The maximum absolute atomic E-state index is 14.8. The summed E-state index contributed by atoms with van der Waals surface area (Å²) in [7, 11) is 0. The third kappa shape index (κ3) is 4.73. The lowest BCUT2D eigenvalue weighted by Crippen LogP contribution is -2.30. The molecule has 0 amide bonds. The lowest BCUT2D eigenvalue weighted by atomic mass is 9.63. The molecule has 1 nitrogen and oxygen atoms in total. The van der Waals surface area contributed by atoms with Crippen molar-refractivity contribution in [3.05, 3.63) is 41.7 Å². The summed E-state index contributed by atoms with van der Waals surface area (Å²) in [6, 6.07) is 8.21. The Bertz CT molecular complexity index is 834. The lowest BCUT2D eigenvalue weighted by Gasteiger charge is -2.42. The molecule has 2 aliphatic rings. The van der Waals surface area contributed by atoms with E-state index in [-0.39, 0.29) is 11.6 Å². The van der Waals surface area contributed by atoms with Gasteiger partial charge in [-0.25, -0.2) is 4.39 Å². The van der Waals surface area contributed by atoms with E-state index in [1.807, 2.05) is 6.07 Å². The highest BCUT2D eigenvalue weighted by Gasteiger charge is 2.35. The van der Waals surface area contributed by atoms with Crippen LogP contribution in [0.2, 0.25) is 0 Å². The fourth-order valence-electron chi connectivity index (χ4n) is 5.77. The van der Waals surface area contributed by atoms with Gasteiger partial charge in [-0.1, -0.05) is 44.7 Å². The van der Waals surface area contributed by atoms with Crippen LogP contribution < -0.4 is 4.74 Å². The van der Waals surface area contributed by atoms with Crippen molar-refractivity contribution in [2.75, 3.05) is 0 Å². The average Bonchev–Trinajstić information content (AvgIpc) is 2.71. The third-order valence-electron chi connectivity index (χ3n) is 7.28. The number of benzene rings is 2. The Kier molecular flexibility index (Phi) is 6.36. The standard InChI is InChI=1S/C25H31F3O/c1-2-3-4-16-5-6-18-12-19(8-7-17(18)11-16)21-13-20-9-10-22(29-25(27)28)15-23(20)24(26)14-21/h9-10,13-19,25H,2-8,11-12H2,1H3. The lowest BCUT2D eigenvalue weighted by molar-refractivity contribution is -0.0497. The number of rotatable bonds is 6. The van der Waals surface area contributed by atoms with Gasteiger partial charge in [0.1, 0.15) is 11.6 Å². The fraction of sp³-hybridized carbons (Fsp3) is 0.600. The highest BCUT2D eigenvalue weighted by molar-refractivity contribution is 5.85. The van der Waals surface area contributed by atoms with Gasteiger partial charge in [-0.05, 0) is 84.9 Å². The van der Waals surface area contributed by atoms with Crippen molar-refractivity contribution in [1.29, 1.82) is 0 Å². The van der Waals surface area contributed by atoms with Gasteiger partial charge in [-0.3, -0.25) is 0 Å². The van der Waals surface area contributed by atoms with Gasteiger partial charge in [-0.2, -0.15) is 8.78 Å². The van der Waals surface area contributed by atoms with Gasteiger partial charge in [0.2, 0.25) is 0 Å². The number of fused-ring (bicyclic) bond motifs is 2. The van der Waals surface area contributed by atoms with E-state index in [4.69, 9.17) is 0 Å². The smallest absolute Gasteiger partial charge is 0.387 e. The molecule has 4 unspecified atom stereocenters. The molecule has 4 atom stereocenters. The first-order chi connectivity index (χ1) is 14.0. The number of hydrogen-bond acceptors (Lipinski definition) is 1. The molecule has 0 bridgehead atoms. The Hall–Kier alpha value is -1.71. The van der Waals surface area contributed by atoms with Crippen LogP contribution in [0, 0.1) is 23.6 Å². The second-order valence-electron chi connectivity index (χ2n) is 9.12. The molecule has 2 fully saturated rings. The van der Waals surface area contributed by atoms with E-state index in [0.29, 0.717) is 11.3 Å². The van der Waals surface area contributed by atoms with Crippen molar-refractivity contribution in [3.63, 3.8) is 0 Å². The molecule has 0 radical (unpaired) electrons. The number of halogens is 3. The van der Waals surface area contributed by atoms with Gasteiger partial charge < -0.3 is 4.74 Å². The Morgan fingerprint density at radius 1 is 1.00 bits per heavy atom. The average molecular weight is 405 g/mol. The predicted octanol–water partition coefficient (Wildman–Crippen LogP) is 8.07. The molecule has 0 spiro atoms. The molecule has 2 aromatic rings. The quantitative estimate of drug-likeness (QED) is 0.473. The van der Waals surface area contributed by atoms with Crippen LogP contribution in [0.25, 0.3) is 10.8 Å². The Morgan fingerprint density at radius 2 is 1.79 bits per heavy atom. The van der Waals surface area contributed by atoms with Gasteiger partial charge in [0.15, 0.2) is 0 Å². The Morgan fingerprint density at radius 3 is 2.59 bits per heavy atom. The third-order valence-corrected chi connectivity index (χ3v) is 7.28. The van der Waals surface area contributed by atoms with E-state index in [2.05, 4.69) is 11.7 Å². The van der Waals surface area contributed by atoms with Crippen molar-refractivity contribution >= 4 is 10.8 Å². The zero-order valence-corrected chi connectivity index (χ0v) is 17.2. The van der Waals surface area contributed by atoms with Crippen LogP contribution in [-0.4, -0.2) is 6.61 Å². The summed E-state index contributed by atoms with van der Waals surface area (Å²) < 4.78 is 44.1. The normalized spacial score (nSPS) is 27.2. The Labute approximate surface area is 171 Å². The van der Waals surface area contributed by atoms with Crippen LogP contribution in [0.3, 0.4) is 0 Å². The molecule has 4 rings (SSSR count). The molecule has 2 aromatic carbocycles. The minimum atomic E-state index is -2.90. The van der Waals surface area contributed by atoms with Crippen LogP contribution in [0.15, 0.2) is 30.3 Å². The molecule has 29 heavy (non-hydrogen) atoms. The summed E-state index contributed by atoms with van der Waals surface area (Å²) in [5, 5.41) is 1.10. The van der Waals surface area contributed by atoms with Crippen molar-refractivity contribution in [1.82, 2.24) is 0 Å². The van der Waals surface area contributed by atoms with Crippen molar-refractivity contribution in [2.24, 2.45) is 17.8 Å². The molecule has 0 N–H and O–H groups in total. The van der Waals surface area contributed by atoms with E-state index in [9.17, 15) is 13.2 Å². The molecule has 4 heteroatoms. The van der Waals surface area contributed by atoms with Gasteiger partial charge in [0.25, 0.3) is 0 Å². The van der Waals surface area contributed by atoms with Gasteiger partial charge >= 0.3 is 6.61 Å². The molecule has 0 saturated heterocycles. The molecular formula is C25H31F3O. The number of alkyl halides is 2. The van der Waals surface area contributed by atoms with E-state index in [0.717, 1.165) is 41.5 Å². The van der Waals surface area contributed by atoms with Gasteiger partial charge in [0, 0.05) is 5.39 Å². The first-order valence-corrected chi connectivity index (χ1v) is 11.2. The zero-order valence-electron chi connectivity index (χ0n) is 17.2. The second kappa shape index (κ2) is 8.97. The summed E-state index contributed by atoms with van der Waals surface area (Å²) in [6.45, 7) is -0.631. The van der Waals surface area contributed by atoms with E-state index >= 15 is 0 Å². The van der Waals surface area contributed by atoms with Crippen LogP contribution in [-0.2, 0) is 0 Å². The van der Waals surface area contributed by atoms with Crippen LogP contribution in [0.1, 0.15) is 76.2 Å². The van der Waals surface area contributed by atoms with Crippen LogP contribution in [0.4, 0.5) is 13.2 Å². The molecule has 2 saturated carbocycles. The number of unbranched alkanes of at least 4 members (excludes halogenated alkanes) is 1. The molecule has 0 aliphatic heterocycles. The number of hydrogen-bond donors (Lipinski definition) is 0. The topological polar surface area (TPSA) is 9.23 Å². The first-order valence-electron chi connectivity index (χ1n) is 11.2. The zero-order chi connectivity index (χ0) is 20.4. The minimum Gasteiger partial charge on any atom is -0.435 e.